The van der Waals surface area contributed by atoms with E-state index in [-0.39, 0.29) is 11.6 Å². The molecule has 0 unspecified atom stereocenters. The smallest absolute Gasteiger partial charge is 0.270 e. The van der Waals surface area contributed by atoms with Gasteiger partial charge in [-0.25, -0.2) is 18.7 Å². The number of nitrogens with one attached hydrogen (secondary N) is 2. The van der Waals surface area contributed by atoms with Gasteiger partial charge in [0.15, 0.2) is 11.6 Å². The summed E-state index contributed by atoms with van der Waals surface area (Å²) in [6.07, 6.45) is 1.24. The maximum absolute atomic E-state index is 13.3. The van der Waals surface area contributed by atoms with Crippen LogP contribution in [0.25, 0.3) is 0 Å². The van der Waals surface area contributed by atoms with Crippen LogP contribution in [0.5, 0.6) is 0 Å². The first-order valence-corrected chi connectivity index (χ1v) is 8.24. The number of carbonyl (C=O) groups is 1. The standard InChI is InChI=1S/C17H19F2N5O2/c18-13-2-1-12(9-14(13)19)23-16-10-15(21-11-22-16)17(25)20-3-4-24-5-7-26-8-6-24/h1-2,9-11H,3-8H2,(H,20,25)(H,21,22,23). The number of nitrogens with zero attached hydrogens (tertiary/aromatic N) is 3. The molecule has 26 heavy (non-hydrogen) atoms. The van der Waals surface area contributed by atoms with Crippen LogP contribution < -0.4 is 10.6 Å². The second kappa shape index (κ2) is 8.63. The van der Waals surface area contributed by atoms with E-state index in [1.54, 1.807) is 0 Å². The van der Waals surface area contributed by atoms with Crippen LogP contribution in [0.15, 0.2) is 30.6 Å². The van der Waals surface area contributed by atoms with Crippen LogP contribution in [0, 0.1) is 11.6 Å². The van der Waals surface area contributed by atoms with E-state index >= 15 is 0 Å². The van der Waals surface area contributed by atoms with Gasteiger partial charge in [-0.1, -0.05) is 0 Å². The van der Waals surface area contributed by atoms with Crippen LogP contribution in [0.3, 0.4) is 0 Å². The zero-order chi connectivity index (χ0) is 18.4. The van der Waals surface area contributed by atoms with E-state index in [0.29, 0.717) is 31.3 Å². The van der Waals surface area contributed by atoms with Crippen molar-refractivity contribution < 1.29 is 18.3 Å². The topological polar surface area (TPSA) is 79.4 Å². The van der Waals surface area contributed by atoms with Crippen LogP contribution in [-0.4, -0.2) is 60.2 Å². The predicted molar refractivity (Wildman–Crippen MR) is 91.3 cm³/mol. The van der Waals surface area contributed by atoms with E-state index in [0.717, 1.165) is 31.8 Å². The monoisotopic (exact) mass is 363 g/mol. The van der Waals surface area contributed by atoms with Crippen molar-refractivity contribution in [2.45, 2.75) is 0 Å². The Kier molecular flexibility index (Phi) is 6.03. The third kappa shape index (κ3) is 4.93. The summed E-state index contributed by atoms with van der Waals surface area (Å²) in [5.74, 6) is -1.91. The van der Waals surface area contributed by atoms with Crippen LogP contribution in [0.1, 0.15) is 10.5 Å². The van der Waals surface area contributed by atoms with Gasteiger partial charge in [0.05, 0.1) is 13.2 Å². The molecule has 0 saturated carbocycles. The van der Waals surface area contributed by atoms with Crippen LogP contribution >= 0.6 is 0 Å². The molecule has 3 rings (SSSR count). The Morgan fingerprint density at radius 1 is 1.15 bits per heavy atom. The second-order valence-electron chi connectivity index (χ2n) is 5.75. The summed E-state index contributed by atoms with van der Waals surface area (Å²) in [4.78, 5) is 22.3. The van der Waals surface area contributed by atoms with Gasteiger partial charge in [-0.15, -0.1) is 0 Å². The quantitative estimate of drug-likeness (QED) is 0.811. The van der Waals surface area contributed by atoms with Gasteiger partial charge in [0.1, 0.15) is 17.8 Å². The van der Waals surface area contributed by atoms with Gasteiger partial charge in [-0.3, -0.25) is 9.69 Å². The summed E-state index contributed by atoms with van der Waals surface area (Å²) in [5, 5.41) is 5.62. The van der Waals surface area contributed by atoms with Crippen molar-refractivity contribution in [2.75, 3.05) is 44.7 Å². The fourth-order valence-electron chi connectivity index (χ4n) is 2.51. The zero-order valence-electron chi connectivity index (χ0n) is 14.0. The summed E-state index contributed by atoms with van der Waals surface area (Å²) in [6.45, 7) is 4.35. The molecule has 1 saturated heterocycles. The average molecular weight is 363 g/mol. The molecule has 1 amide bonds. The minimum atomic E-state index is -0.967. The van der Waals surface area contributed by atoms with E-state index < -0.39 is 11.6 Å². The fourth-order valence-corrected chi connectivity index (χ4v) is 2.51. The molecule has 1 aliphatic rings. The molecule has 0 bridgehead atoms. The van der Waals surface area contributed by atoms with Crippen molar-refractivity contribution in [2.24, 2.45) is 0 Å². The number of benzene rings is 1. The lowest BCUT2D eigenvalue weighted by Gasteiger charge is -2.26. The number of carbonyl (C=O) groups excluding carboxylic acids is 1. The Bertz CT molecular complexity index is 769. The van der Waals surface area contributed by atoms with E-state index in [1.807, 2.05) is 0 Å². The molecule has 2 aromatic rings. The molecule has 7 nitrogen and oxygen atoms in total. The third-order valence-corrected chi connectivity index (χ3v) is 3.91. The largest absolute Gasteiger partial charge is 0.379 e. The molecule has 0 atom stereocenters. The molecule has 2 heterocycles. The molecule has 2 N–H and O–H groups in total. The van der Waals surface area contributed by atoms with Crippen LogP contribution in [0.2, 0.25) is 0 Å². The molecule has 0 aliphatic carbocycles. The first kappa shape index (κ1) is 18.2. The third-order valence-electron chi connectivity index (χ3n) is 3.91. The number of aromatic nitrogens is 2. The highest BCUT2D eigenvalue weighted by atomic mass is 19.2. The number of ether oxygens (including phenoxy) is 1. The lowest BCUT2D eigenvalue weighted by molar-refractivity contribution is 0.0383. The molecule has 9 heteroatoms. The Morgan fingerprint density at radius 3 is 2.73 bits per heavy atom. The van der Waals surface area contributed by atoms with Gasteiger partial charge in [0, 0.05) is 44.0 Å². The number of rotatable bonds is 6. The first-order valence-electron chi connectivity index (χ1n) is 8.24. The minimum Gasteiger partial charge on any atom is -0.379 e. The van der Waals surface area contributed by atoms with Gasteiger partial charge >= 0.3 is 0 Å². The molecule has 1 fully saturated rings. The highest BCUT2D eigenvalue weighted by Gasteiger charge is 2.12. The number of anilines is 2. The summed E-state index contributed by atoms with van der Waals surface area (Å²) in [7, 11) is 0. The molecular formula is C17H19F2N5O2. The van der Waals surface area contributed by atoms with Crippen molar-refractivity contribution in [1.82, 2.24) is 20.2 Å². The molecule has 1 aromatic carbocycles. The Morgan fingerprint density at radius 2 is 1.96 bits per heavy atom. The van der Waals surface area contributed by atoms with Gasteiger partial charge < -0.3 is 15.4 Å². The minimum absolute atomic E-state index is 0.187. The zero-order valence-corrected chi connectivity index (χ0v) is 14.0. The Balaban J connectivity index is 1.55. The SMILES string of the molecule is O=C(NCCN1CCOCC1)c1cc(Nc2ccc(F)c(F)c2)ncn1. The van der Waals surface area contributed by atoms with Gasteiger partial charge in [-0.05, 0) is 12.1 Å². The molecule has 0 radical (unpaired) electrons. The lowest BCUT2D eigenvalue weighted by atomic mass is 10.3. The van der Waals surface area contributed by atoms with E-state index in [2.05, 4.69) is 25.5 Å². The van der Waals surface area contributed by atoms with Crippen LogP contribution in [0.4, 0.5) is 20.3 Å². The Labute approximate surface area is 149 Å². The number of amides is 1. The van der Waals surface area contributed by atoms with Gasteiger partial charge in [0.2, 0.25) is 0 Å². The predicted octanol–water partition coefficient (Wildman–Crippen LogP) is 1.56. The summed E-state index contributed by atoms with van der Waals surface area (Å²) in [6, 6.07) is 4.85. The Hall–Kier alpha value is -2.65. The van der Waals surface area contributed by atoms with E-state index in [1.165, 1.54) is 18.5 Å². The number of hydrogen-bond donors (Lipinski definition) is 2. The lowest BCUT2D eigenvalue weighted by Crippen LogP contribution is -2.41. The highest BCUT2D eigenvalue weighted by Crippen LogP contribution is 2.17. The fraction of sp³-hybridized carbons (Fsp3) is 0.353. The first-order chi connectivity index (χ1) is 12.6. The van der Waals surface area contributed by atoms with E-state index in [4.69, 9.17) is 4.74 Å². The number of hydrogen-bond acceptors (Lipinski definition) is 6. The van der Waals surface area contributed by atoms with Crippen molar-refractivity contribution in [1.29, 1.82) is 0 Å². The highest BCUT2D eigenvalue weighted by molar-refractivity contribution is 5.92. The number of halogens is 2. The number of morpholine rings is 1. The summed E-state index contributed by atoms with van der Waals surface area (Å²) >= 11 is 0. The van der Waals surface area contributed by atoms with Gasteiger partial charge in [-0.2, -0.15) is 0 Å². The summed E-state index contributed by atoms with van der Waals surface area (Å²) in [5.41, 5.74) is 0.508. The van der Waals surface area contributed by atoms with Crippen LogP contribution in [-0.2, 0) is 4.74 Å². The molecule has 1 aromatic heterocycles. The van der Waals surface area contributed by atoms with Gasteiger partial charge in [0.25, 0.3) is 5.91 Å². The normalized spacial score (nSPS) is 14.8. The average Bonchev–Trinajstić information content (AvgIpc) is 2.66. The maximum Gasteiger partial charge on any atom is 0.270 e. The molecule has 1 aliphatic heterocycles. The second-order valence-corrected chi connectivity index (χ2v) is 5.75. The van der Waals surface area contributed by atoms with Crippen molar-refractivity contribution >= 4 is 17.4 Å². The maximum atomic E-state index is 13.3. The molecule has 138 valence electrons. The summed E-state index contributed by atoms with van der Waals surface area (Å²) < 4.78 is 31.5. The van der Waals surface area contributed by atoms with Crippen molar-refractivity contribution in [3.63, 3.8) is 0 Å². The van der Waals surface area contributed by atoms with Crippen molar-refractivity contribution in [3.05, 3.63) is 47.9 Å². The molecular weight excluding hydrogens is 344 g/mol. The van der Waals surface area contributed by atoms with E-state index in [9.17, 15) is 13.6 Å². The molecule has 0 spiro atoms. The van der Waals surface area contributed by atoms with Crippen molar-refractivity contribution in [3.8, 4) is 0 Å².